The largest absolute Gasteiger partial charge is 0.343 e. The van der Waals surface area contributed by atoms with Crippen LogP contribution in [0.5, 0.6) is 0 Å². The topological polar surface area (TPSA) is 28.7 Å². The maximum atomic E-state index is 13.9. The molecule has 0 unspecified atom stereocenters. The Labute approximate surface area is 116 Å². The zero-order valence-corrected chi connectivity index (χ0v) is 11.1. The van der Waals surface area contributed by atoms with Crippen LogP contribution in [0.15, 0.2) is 48.7 Å². The summed E-state index contributed by atoms with van der Waals surface area (Å²) in [5.41, 5.74) is 3.23. The second-order valence-electron chi connectivity index (χ2n) is 4.87. The van der Waals surface area contributed by atoms with Crippen LogP contribution in [0, 0.1) is 24.1 Å². The van der Waals surface area contributed by atoms with E-state index in [1.165, 1.54) is 17.0 Å². The van der Waals surface area contributed by atoms with E-state index in [9.17, 15) is 4.39 Å². The van der Waals surface area contributed by atoms with Gasteiger partial charge in [0.05, 0.1) is 18.2 Å². The zero-order valence-electron chi connectivity index (χ0n) is 11.1. The summed E-state index contributed by atoms with van der Waals surface area (Å²) in [5.74, 6) is -0.335. The van der Waals surface area contributed by atoms with Crippen LogP contribution in [0.2, 0.25) is 0 Å². The van der Waals surface area contributed by atoms with Crippen molar-refractivity contribution in [2.45, 2.75) is 13.5 Å². The first-order valence-electron chi connectivity index (χ1n) is 6.42. The predicted octanol–water partition coefficient (Wildman–Crippen LogP) is 4.01. The first kappa shape index (κ1) is 12.4. The van der Waals surface area contributed by atoms with Gasteiger partial charge in [0.2, 0.25) is 0 Å². The fourth-order valence-electron chi connectivity index (χ4n) is 2.44. The Kier molecular flexibility index (Phi) is 3.00. The van der Waals surface area contributed by atoms with E-state index in [1.807, 2.05) is 35.0 Å². The molecule has 0 spiro atoms. The third-order valence-electron chi connectivity index (χ3n) is 3.55. The number of hydrogen-bond donors (Lipinski definition) is 0. The average Bonchev–Trinajstić information content (AvgIpc) is 2.86. The Hall–Kier alpha value is -2.60. The Morgan fingerprint density at radius 3 is 2.80 bits per heavy atom. The highest BCUT2D eigenvalue weighted by atomic mass is 19.1. The van der Waals surface area contributed by atoms with Gasteiger partial charge in [-0.3, -0.25) is 0 Å². The summed E-state index contributed by atoms with van der Waals surface area (Å²) in [7, 11) is 0. The van der Waals surface area contributed by atoms with E-state index in [1.54, 1.807) is 12.1 Å². The summed E-state index contributed by atoms with van der Waals surface area (Å²) in [6.45, 7) is 2.53. The summed E-state index contributed by atoms with van der Waals surface area (Å²) in [6, 6.07) is 14.7. The summed E-state index contributed by atoms with van der Waals surface area (Å²) >= 11 is 0. The smallest absolute Gasteiger partial charge is 0.129 e. The fourth-order valence-corrected chi connectivity index (χ4v) is 2.44. The molecule has 0 amide bonds. The van der Waals surface area contributed by atoms with Crippen molar-refractivity contribution in [2.75, 3.05) is 0 Å². The zero-order chi connectivity index (χ0) is 14.1. The van der Waals surface area contributed by atoms with Crippen LogP contribution in [-0.2, 0) is 6.54 Å². The quantitative estimate of drug-likeness (QED) is 0.687. The summed E-state index contributed by atoms with van der Waals surface area (Å²) < 4.78 is 16.0. The van der Waals surface area contributed by atoms with Gasteiger partial charge in [-0.1, -0.05) is 18.2 Å². The van der Waals surface area contributed by atoms with Crippen LogP contribution in [-0.4, -0.2) is 4.57 Å². The van der Waals surface area contributed by atoms with Crippen molar-refractivity contribution in [1.29, 1.82) is 5.26 Å². The first-order chi connectivity index (χ1) is 9.69. The Morgan fingerprint density at radius 1 is 1.20 bits per heavy atom. The number of nitriles is 1. The maximum Gasteiger partial charge on any atom is 0.129 e. The molecule has 1 aromatic heterocycles. The van der Waals surface area contributed by atoms with Crippen molar-refractivity contribution < 1.29 is 4.39 Å². The highest BCUT2D eigenvalue weighted by Crippen LogP contribution is 2.21. The maximum absolute atomic E-state index is 13.9. The van der Waals surface area contributed by atoms with Gasteiger partial charge in [0.25, 0.3) is 0 Å². The van der Waals surface area contributed by atoms with E-state index in [4.69, 9.17) is 5.26 Å². The highest BCUT2D eigenvalue weighted by Gasteiger charge is 2.07. The minimum atomic E-state index is -0.335. The molecular formula is C17H13FN2. The number of aromatic nitrogens is 1. The van der Waals surface area contributed by atoms with E-state index in [2.05, 4.69) is 13.0 Å². The molecule has 3 heteroatoms. The third-order valence-corrected chi connectivity index (χ3v) is 3.55. The normalized spacial score (nSPS) is 10.7. The Balaban J connectivity index is 2.02. The van der Waals surface area contributed by atoms with Crippen molar-refractivity contribution in [1.82, 2.24) is 4.57 Å². The second-order valence-corrected chi connectivity index (χ2v) is 4.87. The first-order valence-corrected chi connectivity index (χ1v) is 6.42. The lowest BCUT2D eigenvalue weighted by Gasteiger charge is -2.07. The molecule has 3 aromatic rings. The molecular weight excluding hydrogens is 251 g/mol. The van der Waals surface area contributed by atoms with E-state index < -0.39 is 0 Å². The van der Waals surface area contributed by atoms with Crippen LogP contribution in [0.25, 0.3) is 10.9 Å². The van der Waals surface area contributed by atoms with Crippen LogP contribution >= 0.6 is 0 Å². The molecule has 0 aliphatic carbocycles. The Morgan fingerprint density at radius 2 is 2.05 bits per heavy atom. The highest BCUT2D eigenvalue weighted by molar-refractivity contribution is 5.83. The lowest BCUT2D eigenvalue weighted by atomic mass is 10.1. The van der Waals surface area contributed by atoms with E-state index in [0.717, 1.165) is 5.52 Å². The summed E-state index contributed by atoms with van der Waals surface area (Å²) in [6.07, 6.45) is 1.97. The number of hydrogen-bond acceptors (Lipinski definition) is 1. The summed E-state index contributed by atoms with van der Waals surface area (Å²) in [5, 5.41) is 9.94. The molecule has 0 bridgehead atoms. The molecule has 0 saturated carbocycles. The number of rotatable bonds is 2. The van der Waals surface area contributed by atoms with Gasteiger partial charge in [0.15, 0.2) is 0 Å². The Bertz CT molecular complexity index is 825. The van der Waals surface area contributed by atoms with Crippen molar-refractivity contribution in [3.8, 4) is 6.07 Å². The molecule has 0 saturated heterocycles. The van der Waals surface area contributed by atoms with Crippen LogP contribution in [0.4, 0.5) is 4.39 Å². The van der Waals surface area contributed by atoms with Crippen molar-refractivity contribution >= 4 is 10.9 Å². The monoisotopic (exact) mass is 264 g/mol. The lowest BCUT2D eigenvalue weighted by molar-refractivity contribution is 0.601. The van der Waals surface area contributed by atoms with E-state index >= 15 is 0 Å². The van der Waals surface area contributed by atoms with Gasteiger partial charge in [0, 0.05) is 22.7 Å². The van der Waals surface area contributed by atoms with Gasteiger partial charge >= 0.3 is 0 Å². The number of nitrogens with zero attached hydrogens (tertiary/aromatic N) is 2. The van der Waals surface area contributed by atoms with Crippen LogP contribution in [0.1, 0.15) is 16.7 Å². The molecule has 0 atom stereocenters. The molecule has 2 nitrogen and oxygen atoms in total. The van der Waals surface area contributed by atoms with Crippen molar-refractivity contribution in [2.24, 2.45) is 0 Å². The molecule has 0 aliphatic rings. The SMILES string of the molecule is Cc1cccc2c1ccn2Cc1ccc(C#N)cc1F. The predicted molar refractivity (Wildman–Crippen MR) is 76.9 cm³/mol. The van der Waals surface area contributed by atoms with Gasteiger partial charge in [-0.15, -0.1) is 0 Å². The minimum absolute atomic E-state index is 0.335. The molecule has 0 aliphatic heterocycles. The molecule has 1 heterocycles. The van der Waals surface area contributed by atoms with E-state index in [-0.39, 0.29) is 5.82 Å². The molecule has 0 N–H and O–H groups in total. The van der Waals surface area contributed by atoms with Gasteiger partial charge < -0.3 is 4.57 Å². The molecule has 0 fully saturated rings. The molecule has 2 aromatic carbocycles. The third kappa shape index (κ3) is 2.06. The van der Waals surface area contributed by atoms with Crippen molar-refractivity contribution in [3.05, 3.63) is 71.2 Å². The lowest BCUT2D eigenvalue weighted by Crippen LogP contribution is -2.01. The number of fused-ring (bicyclic) bond motifs is 1. The average molecular weight is 264 g/mol. The number of benzene rings is 2. The molecule has 3 rings (SSSR count). The van der Waals surface area contributed by atoms with Gasteiger partial charge in [-0.05, 0) is 36.8 Å². The molecule has 98 valence electrons. The second kappa shape index (κ2) is 4.82. The van der Waals surface area contributed by atoms with Crippen LogP contribution < -0.4 is 0 Å². The number of halogens is 1. The van der Waals surface area contributed by atoms with E-state index in [0.29, 0.717) is 17.7 Å². The minimum Gasteiger partial charge on any atom is -0.343 e. The van der Waals surface area contributed by atoms with Gasteiger partial charge in [-0.2, -0.15) is 5.26 Å². The van der Waals surface area contributed by atoms with Gasteiger partial charge in [0.1, 0.15) is 5.82 Å². The fraction of sp³-hybridized carbons (Fsp3) is 0.118. The van der Waals surface area contributed by atoms with Crippen molar-refractivity contribution in [3.63, 3.8) is 0 Å². The molecule has 0 radical (unpaired) electrons. The standard InChI is InChI=1S/C17H13FN2/c1-12-3-2-4-17-15(12)7-8-20(17)11-14-6-5-13(10-19)9-16(14)18/h2-9H,11H2,1H3. The van der Waals surface area contributed by atoms with Gasteiger partial charge in [-0.25, -0.2) is 4.39 Å². The summed E-state index contributed by atoms with van der Waals surface area (Å²) in [4.78, 5) is 0. The number of aryl methyl sites for hydroxylation is 1. The molecule has 20 heavy (non-hydrogen) atoms. The van der Waals surface area contributed by atoms with Crippen LogP contribution in [0.3, 0.4) is 0 Å².